The van der Waals surface area contributed by atoms with Crippen LogP contribution in [0.1, 0.15) is 72.0 Å². The summed E-state index contributed by atoms with van der Waals surface area (Å²) in [7, 11) is 0. The summed E-state index contributed by atoms with van der Waals surface area (Å²) in [5.41, 5.74) is -3.74. The van der Waals surface area contributed by atoms with Crippen LogP contribution in [0, 0.1) is 17.0 Å². The molecule has 226 valence electrons. The Morgan fingerprint density at radius 1 is 1.12 bits per heavy atom. The molecule has 0 spiro atoms. The molecule has 1 heterocycles. The Hall–Kier alpha value is -3.25. The lowest BCUT2D eigenvalue weighted by Gasteiger charge is -2.34. The Morgan fingerprint density at radius 3 is 2.21 bits per heavy atom. The van der Waals surface area contributed by atoms with Crippen molar-refractivity contribution in [1.82, 2.24) is 14.7 Å². The number of aliphatic carboxylic acids is 1. The molecular weight excluding hydrogens is 611 g/mol. The van der Waals surface area contributed by atoms with Gasteiger partial charge in [-0.15, -0.1) is 0 Å². The van der Waals surface area contributed by atoms with E-state index in [1.807, 2.05) is 0 Å². The van der Waals surface area contributed by atoms with E-state index in [9.17, 15) is 36.6 Å². The highest BCUT2D eigenvalue weighted by atomic mass is 35.5. The van der Waals surface area contributed by atoms with Crippen molar-refractivity contribution in [2.24, 2.45) is 5.41 Å². The quantitative estimate of drug-likeness (QED) is 0.254. The highest BCUT2D eigenvalue weighted by molar-refractivity contribution is 6.36. The minimum absolute atomic E-state index is 0.0605. The second-order valence-corrected chi connectivity index (χ2v) is 11.3. The monoisotopic (exact) mass is 635 g/mol. The lowest BCUT2D eigenvalue weighted by molar-refractivity contribution is -0.152. The van der Waals surface area contributed by atoms with Crippen LogP contribution in [0.25, 0.3) is 0 Å². The molecule has 4 rings (SSSR count). The first-order chi connectivity index (χ1) is 19.6. The van der Waals surface area contributed by atoms with Gasteiger partial charge in [-0.3, -0.25) is 14.3 Å². The molecule has 3 aromatic rings. The SMILES string of the molecule is C[C@]1(C(=O)O)CC[C@H](n2ncc(C(=O)N(Cc3cc(F)cc(F)c3)C[C@@H](F)c3c(Cl)cccc3Cl)c2C(F)(F)F)CC1. The third-order valence-corrected chi connectivity index (χ3v) is 8.15. The summed E-state index contributed by atoms with van der Waals surface area (Å²) in [5.74, 6) is -4.36. The van der Waals surface area contributed by atoms with Crippen LogP contribution in [0.3, 0.4) is 0 Å². The number of carboxylic acids is 1. The van der Waals surface area contributed by atoms with E-state index in [2.05, 4.69) is 5.10 Å². The van der Waals surface area contributed by atoms with Gasteiger partial charge >= 0.3 is 12.1 Å². The van der Waals surface area contributed by atoms with Gasteiger partial charge in [-0.1, -0.05) is 29.3 Å². The van der Waals surface area contributed by atoms with E-state index in [1.165, 1.54) is 25.1 Å². The first-order valence-electron chi connectivity index (χ1n) is 12.8. The number of carboxylic acid groups (broad SMARTS) is 1. The number of halogens is 8. The van der Waals surface area contributed by atoms with Crippen LogP contribution in [0.5, 0.6) is 0 Å². The summed E-state index contributed by atoms with van der Waals surface area (Å²) >= 11 is 12.2. The molecule has 1 aromatic heterocycles. The van der Waals surface area contributed by atoms with Crippen molar-refractivity contribution < 1.29 is 41.0 Å². The molecule has 1 amide bonds. The molecule has 1 N–H and O–H groups in total. The number of rotatable bonds is 8. The van der Waals surface area contributed by atoms with E-state index in [-0.39, 0.29) is 46.9 Å². The van der Waals surface area contributed by atoms with Crippen molar-refractivity contribution in [2.75, 3.05) is 6.54 Å². The maximum Gasteiger partial charge on any atom is 0.433 e. The van der Waals surface area contributed by atoms with Crippen LogP contribution in [0.4, 0.5) is 26.3 Å². The predicted octanol–water partition coefficient (Wildman–Crippen LogP) is 8.05. The van der Waals surface area contributed by atoms with Crippen LogP contribution in [-0.2, 0) is 17.5 Å². The first kappa shape index (κ1) is 31.7. The molecule has 0 aliphatic heterocycles. The van der Waals surface area contributed by atoms with E-state index in [0.717, 1.165) is 12.1 Å². The van der Waals surface area contributed by atoms with Crippen LogP contribution in [0.15, 0.2) is 42.6 Å². The fourth-order valence-corrected chi connectivity index (χ4v) is 5.82. The van der Waals surface area contributed by atoms with Crippen LogP contribution in [-0.4, -0.2) is 38.2 Å². The molecule has 1 aliphatic carbocycles. The summed E-state index contributed by atoms with van der Waals surface area (Å²) in [6.07, 6.45) is -6.14. The number of hydrogen-bond acceptors (Lipinski definition) is 3. The number of benzene rings is 2. The van der Waals surface area contributed by atoms with E-state index in [1.54, 1.807) is 0 Å². The minimum atomic E-state index is -5.08. The normalized spacial score (nSPS) is 19.9. The second kappa shape index (κ2) is 12.2. The van der Waals surface area contributed by atoms with Gasteiger partial charge in [0.05, 0.1) is 29.8 Å². The van der Waals surface area contributed by atoms with Gasteiger partial charge in [0.2, 0.25) is 0 Å². The highest BCUT2D eigenvalue weighted by Gasteiger charge is 2.45. The van der Waals surface area contributed by atoms with Crippen molar-refractivity contribution in [1.29, 1.82) is 0 Å². The Balaban J connectivity index is 1.73. The van der Waals surface area contributed by atoms with Gasteiger partial charge in [0.25, 0.3) is 5.91 Å². The van der Waals surface area contributed by atoms with Crippen molar-refractivity contribution in [2.45, 2.75) is 57.5 Å². The molecule has 1 aliphatic rings. The standard InChI is InChI=1S/C28H25Cl2F6N3O3/c1-27(26(41)42)7-5-18(6-8-27)39-24(28(34,35)36)19(12-37-39)25(40)38(13-15-9-16(31)11-17(32)10-15)14-22(33)23-20(29)3-2-4-21(23)30/h2-4,9-12,18,22H,5-8,13-14H2,1H3,(H,41,42)/t18-,22-,27-/m1/s1. The minimum Gasteiger partial charge on any atom is -0.481 e. The molecule has 1 fully saturated rings. The summed E-state index contributed by atoms with van der Waals surface area (Å²) in [6, 6.07) is 5.60. The Kier molecular flexibility index (Phi) is 9.17. The molecule has 0 radical (unpaired) electrons. The molecule has 42 heavy (non-hydrogen) atoms. The maximum atomic E-state index is 15.6. The van der Waals surface area contributed by atoms with Crippen molar-refractivity contribution in [3.63, 3.8) is 0 Å². The third kappa shape index (κ3) is 6.70. The number of alkyl halides is 4. The topological polar surface area (TPSA) is 75.4 Å². The Labute approximate surface area is 246 Å². The number of carbonyl (C=O) groups excluding carboxylic acids is 1. The lowest BCUT2D eigenvalue weighted by Crippen LogP contribution is -2.36. The molecular formula is C28H25Cl2F6N3O3. The van der Waals surface area contributed by atoms with E-state index < -0.39 is 71.7 Å². The van der Waals surface area contributed by atoms with Gasteiger partial charge in [-0.25, -0.2) is 13.2 Å². The van der Waals surface area contributed by atoms with Gasteiger partial charge in [0.15, 0.2) is 5.69 Å². The molecule has 6 nitrogen and oxygen atoms in total. The summed E-state index contributed by atoms with van der Waals surface area (Å²) in [6.45, 7) is 0.00217. The van der Waals surface area contributed by atoms with Crippen molar-refractivity contribution in [3.8, 4) is 0 Å². The molecule has 1 saturated carbocycles. The third-order valence-electron chi connectivity index (χ3n) is 7.49. The van der Waals surface area contributed by atoms with Gasteiger partial charge in [-0.05, 0) is 62.4 Å². The zero-order valence-electron chi connectivity index (χ0n) is 22.1. The fourth-order valence-electron chi connectivity index (χ4n) is 5.18. The first-order valence-corrected chi connectivity index (χ1v) is 13.6. The van der Waals surface area contributed by atoms with E-state index >= 15 is 4.39 Å². The number of carbonyl (C=O) groups is 2. The summed E-state index contributed by atoms with van der Waals surface area (Å²) in [5, 5.41) is 13.1. The number of nitrogens with zero attached hydrogens (tertiary/aromatic N) is 3. The smallest absolute Gasteiger partial charge is 0.433 e. The zero-order valence-corrected chi connectivity index (χ0v) is 23.6. The van der Waals surface area contributed by atoms with Crippen LogP contribution < -0.4 is 0 Å². The second-order valence-electron chi connectivity index (χ2n) is 10.5. The molecule has 14 heteroatoms. The average Bonchev–Trinajstić information content (AvgIpc) is 3.33. The van der Waals surface area contributed by atoms with Crippen molar-refractivity contribution in [3.05, 3.63) is 86.7 Å². The van der Waals surface area contributed by atoms with E-state index in [4.69, 9.17) is 23.2 Å². The van der Waals surface area contributed by atoms with Gasteiger partial charge in [0.1, 0.15) is 17.8 Å². The highest BCUT2D eigenvalue weighted by Crippen LogP contribution is 2.44. The fraction of sp³-hybridized carbons (Fsp3) is 0.393. The van der Waals surface area contributed by atoms with Gasteiger partial charge in [0, 0.05) is 28.2 Å². The summed E-state index contributed by atoms with van der Waals surface area (Å²) < 4.78 is 87.4. The molecule has 0 bridgehead atoms. The van der Waals surface area contributed by atoms with Gasteiger partial charge < -0.3 is 10.0 Å². The Morgan fingerprint density at radius 2 is 1.69 bits per heavy atom. The number of hydrogen-bond donors (Lipinski definition) is 1. The largest absolute Gasteiger partial charge is 0.481 e. The summed E-state index contributed by atoms with van der Waals surface area (Å²) in [4.78, 5) is 26.0. The van der Waals surface area contributed by atoms with Crippen LogP contribution >= 0.6 is 23.2 Å². The molecule has 1 atom stereocenters. The maximum absolute atomic E-state index is 15.6. The predicted molar refractivity (Wildman–Crippen MR) is 142 cm³/mol. The van der Waals surface area contributed by atoms with E-state index in [0.29, 0.717) is 21.8 Å². The van der Waals surface area contributed by atoms with Gasteiger partial charge in [-0.2, -0.15) is 18.3 Å². The Bertz CT molecular complexity index is 1450. The number of aromatic nitrogens is 2. The van der Waals surface area contributed by atoms with Crippen molar-refractivity contribution >= 4 is 35.1 Å². The zero-order chi connectivity index (χ0) is 31.0. The van der Waals surface area contributed by atoms with Crippen LogP contribution in [0.2, 0.25) is 10.0 Å². The number of amides is 1. The lowest BCUT2D eigenvalue weighted by atomic mass is 9.74. The molecule has 2 aromatic carbocycles. The average molecular weight is 636 g/mol. The molecule has 0 saturated heterocycles. The molecule has 0 unspecified atom stereocenters.